The number of nitro groups is 1. The number of carbonyl (C=O) groups is 1. The minimum atomic E-state index is -4.69. The van der Waals surface area contributed by atoms with E-state index in [4.69, 9.17) is 16.3 Å². The van der Waals surface area contributed by atoms with Gasteiger partial charge in [0, 0.05) is 18.3 Å². The first-order chi connectivity index (χ1) is 14.1. The second-order valence-corrected chi connectivity index (χ2v) is 6.53. The highest BCUT2D eigenvalue weighted by Gasteiger charge is 2.33. The fraction of sp³-hybridized carbons (Fsp3) is 0.222. The molecule has 30 heavy (non-hydrogen) atoms. The van der Waals surface area contributed by atoms with E-state index < -0.39 is 22.6 Å². The summed E-state index contributed by atoms with van der Waals surface area (Å²) in [5.74, 6) is -0.691. The van der Waals surface area contributed by atoms with Crippen LogP contribution in [0.1, 0.15) is 28.7 Å². The van der Waals surface area contributed by atoms with E-state index in [0.717, 1.165) is 22.7 Å². The first kappa shape index (κ1) is 21.4. The van der Waals surface area contributed by atoms with Crippen LogP contribution < -0.4 is 10.1 Å². The molecule has 158 valence electrons. The number of nitro benzene ring substituents is 1. The maximum Gasteiger partial charge on any atom is 0.417 e. The Labute approximate surface area is 172 Å². The number of rotatable bonds is 5. The number of anilines is 1. The van der Waals surface area contributed by atoms with Gasteiger partial charge in [0.2, 0.25) is 0 Å². The lowest BCUT2D eigenvalue weighted by atomic mass is 10.2. The number of imidazole rings is 1. The average molecular weight is 443 g/mol. The smallest absolute Gasteiger partial charge is 0.417 e. The van der Waals surface area contributed by atoms with E-state index in [2.05, 4.69) is 10.3 Å². The van der Waals surface area contributed by atoms with E-state index in [1.54, 1.807) is 6.92 Å². The fourth-order valence-corrected chi connectivity index (χ4v) is 3.13. The van der Waals surface area contributed by atoms with Gasteiger partial charge >= 0.3 is 6.18 Å². The molecule has 12 heteroatoms. The van der Waals surface area contributed by atoms with Crippen molar-refractivity contribution in [1.29, 1.82) is 0 Å². The fourth-order valence-electron chi connectivity index (χ4n) is 2.88. The van der Waals surface area contributed by atoms with Gasteiger partial charge in [0.15, 0.2) is 5.65 Å². The lowest BCUT2D eigenvalue weighted by molar-refractivity contribution is -0.384. The summed E-state index contributed by atoms with van der Waals surface area (Å²) >= 11 is 5.97. The summed E-state index contributed by atoms with van der Waals surface area (Å²) < 4.78 is 45.7. The van der Waals surface area contributed by atoms with Crippen molar-refractivity contribution in [1.82, 2.24) is 9.38 Å². The Morgan fingerprint density at radius 1 is 1.37 bits per heavy atom. The van der Waals surface area contributed by atoms with Crippen molar-refractivity contribution in [3.05, 3.63) is 62.6 Å². The molecule has 1 amide bonds. The van der Waals surface area contributed by atoms with Crippen molar-refractivity contribution >= 4 is 34.5 Å². The number of nitrogens with one attached hydrogen (secondary N) is 1. The highest BCUT2D eigenvalue weighted by molar-refractivity contribution is 6.33. The van der Waals surface area contributed by atoms with Gasteiger partial charge in [-0.1, -0.05) is 18.5 Å². The number of benzene rings is 1. The summed E-state index contributed by atoms with van der Waals surface area (Å²) in [5.41, 5.74) is -1.36. The Kier molecular flexibility index (Phi) is 5.57. The third-order valence-corrected chi connectivity index (χ3v) is 4.54. The predicted octanol–water partition coefficient (Wildman–Crippen LogP) is 4.74. The number of aryl methyl sites for hydroxylation is 1. The van der Waals surface area contributed by atoms with E-state index in [1.807, 2.05) is 0 Å². The molecule has 2 aromatic heterocycles. The van der Waals surface area contributed by atoms with E-state index >= 15 is 0 Å². The van der Waals surface area contributed by atoms with Crippen LogP contribution in [0.3, 0.4) is 0 Å². The number of hydrogen-bond donors (Lipinski definition) is 1. The highest BCUT2D eigenvalue weighted by Crippen LogP contribution is 2.34. The van der Waals surface area contributed by atoms with Crippen LogP contribution in [0.4, 0.5) is 24.5 Å². The number of hydrogen-bond acceptors (Lipinski definition) is 5. The van der Waals surface area contributed by atoms with Crippen LogP contribution in [-0.2, 0) is 12.6 Å². The van der Waals surface area contributed by atoms with Crippen LogP contribution >= 0.6 is 11.6 Å². The number of non-ortho nitro benzene ring substituents is 1. The third kappa shape index (κ3) is 3.88. The van der Waals surface area contributed by atoms with Crippen molar-refractivity contribution < 1.29 is 27.6 Å². The second-order valence-electron chi connectivity index (χ2n) is 6.12. The van der Waals surface area contributed by atoms with Gasteiger partial charge in [0.05, 0.1) is 34.0 Å². The first-order valence-electron chi connectivity index (χ1n) is 8.48. The van der Waals surface area contributed by atoms with Gasteiger partial charge in [-0.2, -0.15) is 13.2 Å². The molecule has 0 aliphatic heterocycles. The van der Waals surface area contributed by atoms with E-state index in [1.165, 1.54) is 19.2 Å². The minimum Gasteiger partial charge on any atom is -0.495 e. The molecule has 3 aromatic rings. The van der Waals surface area contributed by atoms with Crippen molar-refractivity contribution in [2.24, 2.45) is 0 Å². The summed E-state index contributed by atoms with van der Waals surface area (Å²) in [5, 5.41) is 13.2. The number of alkyl halides is 3. The molecular weight excluding hydrogens is 429 g/mol. The lowest BCUT2D eigenvalue weighted by Crippen LogP contribution is -2.17. The van der Waals surface area contributed by atoms with Gasteiger partial charge in [-0.3, -0.25) is 19.3 Å². The van der Waals surface area contributed by atoms with Gasteiger partial charge in [-0.05, 0) is 18.6 Å². The van der Waals surface area contributed by atoms with Gasteiger partial charge in [-0.25, -0.2) is 4.98 Å². The largest absolute Gasteiger partial charge is 0.495 e. The molecule has 0 saturated carbocycles. The molecule has 0 atom stereocenters. The zero-order valence-electron chi connectivity index (χ0n) is 15.6. The van der Waals surface area contributed by atoms with Crippen LogP contribution in [-0.4, -0.2) is 27.3 Å². The molecule has 8 nitrogen and oxygen atoms in total. The zero-order valence-corrected chi connectivity index (χ0v) is 16.3. The Bertz CT molecular complexity index is 1160. The maximum absolute atomic E-state index is 13.2. The van der Waals surface area contributed by atoms with Gasteiger partial charge < -0.3 is 10.1 Å². The standard InChI is InChI=1S/C18H14ClF3N4O4/c1-3-12-15(25-8-9(18(20,21)22)6-11(19)16(25)23-12)17(27)24-13-7-10(26(28)29)4-5-14(13)30-2/h4-8H,3H2,1-2H3,(H,24,27). The molecular formula is C18H14ClF3N4O4. The van der Waals surface area contributed by atoms with Crippen molar-refractivity contribution in [3.63, 3.8) is 0 Å². The number of methoxy groups -OCH3 is 1. The molecule has 0 fully saturated rings. The van der Waals surface area contributed by atoms with Crippen LogP contribution in [0.5, 0.6) is 5.75 Å². The monoisotopic (exact) mass is 442 g/mol. The number of nitrogens with zero attached hydrogens (tertiary/aromatic N) is 3. The van der Waals surface area contributed by atoms with Crippen molar-refractivity contribution in [3.8, 4) is 5.75 Å². The topological polar surface area (TPSA) is 98.8 Å². The Balaban J connectivity index is 2.14. The highest BCUT2D eigenvalue weighted by atomic mass is 35.5. The molecule has 0 aliphatic carbocycles. The first-order valence-corrected chi connectivity index (χ1v) is 8.86. The summed E-state index contributed by atoms with van der Waals surface area (Å²) in [4.78, 5) is 27.5. The molecule has 0 radical (unpaired) electrons. The van der Waals surface area contributed by atoms with Gasteiger partial charge in [0.1, 0.15) is 11.4 Å². The average Bonchev–Trinajstić information content (AvgIpc) is 3.06. The number of ether oxygens (including phenoxy) is 1. The lowest BCUT2D eigenvalue weighted by Gasteiger charge is -2.12. The number of carbonyl (C=O) groups excluding carboxylic acids is 1. The number of halogens is 4. The van der Waals surface area contributed by atoms with Crippen molar-refractivity contribution in [2.45, 2.75) is 19.5 Å². The SMILES string of the molecule is CCc1nc2c(Cl)cc(C(F)(F)F)cn2c1C(=O)Nc1cc([N+](=O)[O-])ccc1OC. The van der Waals surface area contributed by atoms with Crippen LogP contribution in [0.15, 0.2) is 30.5 Å². The zero-order chi connectivity index (χ0) is 22.2. The van der Waals surface area contributed by atoms with Crippen LogP contribution in [0, 0.1) is 10.1 Å². The normalized spacial score (nSPS) is 11.5. The predicted molar refractivity (Wildman–Crippen MR) is 102 cm³/mol. The summed E-state index contributed by atoms with van der Waals surface area (Å²) in [6.07, 6.45) is -3.73. The number of aromatic nitrogens is 2. The Morgan fingerprint density at radius 2 is 2.07 bits per heavy atom. The second kappa shape index (κ2) is 7.82. The number of fused-ring (bicyclic) bond motifs is 1. The molecule has 1 aromatic carbocycles. The number of amides is 1. The Morgan fingerprint density at radius 3 is 2.63 bits per heavy atom. The van der Waals surface area contributed by atoms with Crippen LogP contribution in [0.25, 0.3) is 5.65 Å². The molecule has 0 saturated heterocycles. The van der Waals surface area contributed by atoms with E-state index in [-0.39, 0.29) is 45.6 Å². The minimum absolute atomic E-state index is 0.0160. The summed E-state index contributed by atoms with van der Waals surface area (Å²) in [6, 6.07) is 4.30. The molecule has 0 spiro atoms. The maximum atomic E-state index is 13.2. The van der Waals surface area contributed by atoms with Gasteiger partial charge in [0.25, 0.3) is 11.6 Å². The van der Waals surface area contributed by atoms with Gasteiger partial charge in [-0.15, -0.1) is 0 Å². The van der Waals surface area contributed by atoms with Crippen LogP contribution in [0.2, 0.25) is 5.02 Å². The Hall–Kier alpha value is -3.34. The molecule has 3 rings (SSSR count). The molecule has 2 heterocycles. The summed E-state index contributed by atoms with van der Waals surface area (Å²) in [6.45, 7) is 1.67. The van der Waals surface area contributed by atoms with Crippen molar-refractivity contribution in [2.75, 3.05) is 12.4 Å². The quantitative estimate of drug-likeness (QED) is 0.454. The molecule has 0 unspecified atom stereocenters. The third-order valence-electron chi connectivity index (χ3n) is 4.27. The number of pyridine rings is 1. The molecule has 1 N–H and O–H groups in total. The molecule has 0 bridgehead atoms. The van der Waals surface area contributed by atoms with E-state index in [9.17, 15) is 28.1 Å². The van der Waals surface area contributed by atoms with E-state index in [0.29, 0.717) is 0 Å². The summed E-state index contributed by atoms with van der Waals surface area (Å²) in [7, 11) is 1.30. The molecule has 0 aliphatic rings.